The van der Waals surface area contributed by atoms with E-state index in [0.717, 1.165) is 17.8 Å². The normalized spacial score (nSPS) is 17.6. The predicted octanol–water partition coefficient (Wildman–Crippen LogP) is 5.99. The van der Waals surface area contributed by atoms with Crippen molar-refractivity contribution in [3.8, 4) is 11.3 Å². The molecule has 34 heavy (non-hydrogen) atoms. The maximum Gasteiger partial charge on any atom is 0.280 e. The zero-order valence-electron chi connectivity index (χ0n) is 18.4. The number of hydrogen-bond acceptors (Lipinski definition) is 5. The van der Waals surface area contributed by atoms with Crippen LogP contribution in [-0.2, 0) is 6.42 Å². The number of aromatic nitrogens is 1. The van der Waals surface area contributed by atoms with Crippen LogP contribution in [0.3, 0.4) is 0 Å². The lowest BCUT2D eigenvalue weighted by Gasteiger charge is -2.26. The number of aryl methyl sites for hydroxylation is 1. The molecule has 2 aromatic carbocycles. The van der Waals surface area contributed by atoms with Gasteiger partial charge >= 0.3 is 0 Å². The van der Waals surface area contributed by atoms with Gasteiger partial charge in [-0.25, -0.2) is 0 Å². The number of para-hydroxylation sites is 1. The SMILES string of the molecule is CCc1ccc(N2C(=S)N[C@@H](c3ccccn3)[C@H]2c2ccc(-c3ccccc3[N+](=O)[O-])o2)cc1. The minimum Gasteiger partial charge on any atom is -0.459 e. The van der Waals surface area contributed by atoms with Gasteiger partial charge in [-0.15, -0.1) is 0 Å². The largest absolute Gasteiger partial charge is 0.459 e. The van der Waals surface area contributed by atoms with Crippen LogP contribution in [-0.4, -0.2) is 15.0 Å². The highest BCUT2D eigenvalue weighted by Crippen LogP contribution is 2.43. The number of hydrogen-bond donors (Lipinski definition) is 1. The third kappa shape index (κ3) is 3.92. The number of nitrogens with one attached hydrogen (secondary N) is 1. The van der Waals surface area contributed by atoms with Crippen molar-refractivity contribution < 1.29 is 9.34 Å². The van der Waals surface area contributed by atoms with Crippen LogP contribution in [0.2, 0.25) is 0 Å². The lowest BCUT2D eigenvalue weighted by molar-refractivity contribution is -0.384. The Morgan fingerprint density at radius 2 is 1.82 bits per heavy atom. The lowest BCUT2D eigenvalue weighted by Crippen LogP contribution is -2.29. The van der Waals surface area contributed by atoms with Crippen molar-refractivity contribution in [3.05, 3.63) is 112 Å². The fraction of sp³-hybridized carbons (Fsp3) is 0.154. The molecule has 1 fully saturated rings. The van der Waals surface area contributed by atoms with E-state index in [2.05, 4.69) is 29.4 Å². The van der Waals surface area contributed by atoms with Crippen LogP contribution >= 0.6 is 12.2 Å². The highest BCUT2D eigenvalue weighted by atomic mass is 32.1. The van der Waals surface area contributed by atoms with Gasteiger partial charge in [0.1, 0.15) is 17.6 Å². The van der Waals surface area contributed by atoms with Gasteiger partial charge in [0, 0.05) is 18.0 Å². The van der Waals surface area contributed by atoms with Gasteiger partial charge in [-0.2, -0.15) is 0 Å². The summed E-state index contributed by atoms with van der Waals surface area (Å²) in [5.41, 5.74) is 3.42. The topological polar surface area (TPSA) is 84.4 Å². The summed E-state index contributed by atoms with van der Waals surface area (Å²) in [7, 11) is 0. The molecule has 8 heteroatoms. The molecule has 3 heterocycles. The molecule has 0 aliphatic carbocycles. The molecule has 0 saturated carbocycles. The zero-order valence-corrected chi connectivity index (χ0v) is 19.2. The van der Waals surface area contributed by atoms with Crippen molar-refractivity contribution in [2.45, 2.75) is 25.4 Å². The minimum atomic E-state index is -0.401. The van der Waals surface area contributed by atoms with E-state index in [1.54, 1.807) is 30.5 Å². The van der Waals surface area contributed by atoms with Crippen molar-refractivity contribution in [2.24, 2.45) is 0 Å². The predicted molar refractivity (Wildman–Crippen MR) is 135 cm³/mol. The summed E-state index contributed by atoms with van der Waals surface area (Å²) < 4.78 is 6.27. The maximum absolute atomic E-state index is 11.5. The van der Waals surface area contributed by atoms with Crippen LogP contribution in [0.4, 0.5) is 11.4 Å². The van der Waals surface area contributed by atoms with Gasteiger partial charge in [-0.3, -0.25) is 15.1 Å². The number of nitrogens with zero attached hydrogens (tertiary/aromatic N) is 3. The second-order valence-corrected chi connectivity index (χ2v) is 8.38. The molecule has 1 aliphatic rings. The highest BCUT2D eigenvalue weighted by Gasteiger charge is 2.42. The Balaban J connectivity index is 1.60. The molecule has 0 amide bonds. The lowest BCUT2D eigenvalue weighted by atomic mass is 10.0. The van der Waals surface area contributed by atoms with E-state index in [-0.39, 0.29) is 17.8 Å². The number of anilines is 1. The molecule has 1 N–H and O–H groups in total. The number of thiocarbonyl (C=S) groups is 1. The average Bonchev–Trinajstić information content (AvgIpc) is 3.49. The molecule has 7 nitrogen and oxygen atoms in total. The first-order valence-corrected chi connectivity index (χ1v) is 11.4. The average molecular weight is 471 g/mol. The second kappa shape index (κ2) is 9.07. The summed E-state index contributed by atoms with van der Waals surface area (Å²) in [4.78, 5) is 17.7. The molecular weight excluding hydrogens is 448 g/mol. The first-order chi connectivity index (χ1) is 16.6. The number of nitro benzene ring substituents is 1. The Morgan fingerprint density at radius 1 is 1.06 bits per heavy atom. The molecule has 2 aromatic heterocycles. The van der Waals surface area contributed by atoms with E-state index in [1.807, 2.05) is 41.3 Å². The number of nitro groups is 1. The molecular formula is C26H22N4O3S. The van der Waals surface area contributed by atoms with Crippen LogP contribution in [0, 0.1) is 10.1 Å². The summed E-state index contributed by atoms with van der Waals surface area (Å²) in [6.45, 7) is 2.12. The summed E-state index contributed by atoms with van der Waals surface area (Å²) in [5, 5.41) is 15.5. The van der Waals surface area contributed by atoms with Crippen LogP contribution in [0.1, 0.15) is 36.0 Å². The highest BCUT2D eigenvalue weighted by molar-refractivity contribution is 7.80. The van der Waals surface area contributed by atoms with Gasteiger partial charge in [0.15, 0.2) is 5.11 Å². The van der Waals surface area contributed by atoms with Crippen molar-refractivity contribution >= 4 is 28.7 Å². The van der Waals surface area contributed by atoms with E-state index in [9.17, 15) is 10.1 Å². The van der Waals surface area contributed by atoms with Gasteiger partial charge in [0.05, 0.1) is 22.2 Å². The van der Waals surface area contributed by atoms with E-state index in [4.69, 9.17) is 16.6 Å². The number of benzene rings is 2. The molecule has 5 rings (SSSR count). The fourth-order valence-corrected chi connectivity index (χ4v) is 4.66. The molecule has 1 saturated heterocycles. The fourth-order valence-electron chi connectivity index (χ4n) is 4.31. The number of rotatable bonds is 6. The minimum absolute atomic E-state index is 0.00301. The van der Waals surface area contributed by atoms with Crippen LogP contribution in [0.15, 0.2) is 89.5 Å². The monoisotopic (exact) mass is 470 g/mol. The summed E-state index contributed by atoms with van der Waals surface area (Å²) in [5.74, 6) is 1.07. The van der Waals surface area contributed by atoms with Gasteiger partial charge < -0.3 is 14.6 Å². The second-order valence-electron chi connectivity index (χ2n) is 7.99. The van der Waals surface area contributed by atoms with Crippen LogP contribution in [0.25, 0.3) is 11.3 Å². The Morgan fingerprint density at radius 3 is 2.53 bits per heavy atom. The van der Waals surface area contributed by atoms with E-state index in [1.165, 1.54) is 11.6 Å². The Kier molecular flexibility index (Phi) is 5.81. The summed E-state index contributed by atoms with van der Waals surface area (Å²) >= 11 is 5.75. The quantitative estimate of drug-likeness (QED) is 0.210. The zero-order chi connectivity index (χ0) is 23.7. The van der Waals surface area contributed by atoms with E-state index in [0.29, 0.717) is 22.2 Å². The van der Waals surface area contributed by atoms with Gasteiger partial charge in [-0.05, 0) is 66.7 Å². The van der Waals surface area contributed by atoms with Crippen molar-refractivity contribution in [2.75, 3.05) is 4.90 Å². The third-order valence-electron chi connectivity index (χ3n) is 6.01. The van der Waals surface area contributed by atoms with Gasteiger partial charge in [-0.1, -0.05) is 37.3 Å². The molecule has 0 spiro atoms. The molecule has 0 radical (unpaired) electrons. The van der Waals surface area contributed by atoms with Crippen molar-refractivity contribution in [1.82, 2.24) is 10.3 Å². The Bertz CT molecular complexity index is 1340. The molecule has 1 aliphatic heterocycles. The van der Waals surface area contributed by atoms with Gasteiger partial charge in [0.25, 0.3) is 5.69 Å². The molecule has 0 bridgehead atoms. The van der Waals surface area contributed by atoms with E-state index < -0.39 is 4.92 Å². The van der Waals surface area contributed by atoms with Gasteiger partial charge in [0.2, 0.25) is 0 Å². The number of furan rings is 1. The smallest absolute Gasteiger partial charge is 0.280 e. The first kappa shape index (κ1) is 21.8. The standard InChI is InChI=1S/C26H22N4O3S/c1-2-17-10-12-18(13-11-17)29-25(24(28-26(29)34)20-8-5-6-16-27-20)23-15-14-22(33-23)19-7-3-4-9-21(19)30(31)32/h3-16,24-25H,2H2,1H3,(H,28,34)/t24-,25+/m0/s1. The molecule has 170 valence electrons. The molecule has 4 aromatic rings. The molecule has 2 atom stereocenters. The van der Waals surface area contributed by atoms with Crippen molar-refractivity contribution in [3.63, 3.8) is 0 Å². The summed E-state index contributed by atoms with van der Waals surface area (Å²) in [6, 6.07) is 23.6. The third-order valence-corrected chi connectivity index (χ3v) is 6.32. The Hall–Kier alpha value is -4.04. The van der Waals surface area contributed by atoms with Crippen LogP contribution in [0.5, 0.6) is 0 Å². The maximum atomic E-state index is 11.5. The summed E-state index contributed by atoms with van der Waals surface area (Å²) in [6.07, 6.45) is 2.69. The molecule has 0 unspecified atom stereocenters. The number of pyridine rings is 1. The van der Waals surface area contributed by atoms with Crippen molar-refractivity contribution in [1.29, 1.82) is 0 Å². The first-order valence-electron chi connectivity index (χ1n) is 11.0. The van der Waals surface area contributed by atoms with Crippen LogP contribution < -0.4 is 10.2 Å². The Labute approximate surface area is 202 Å². The van der Waals surface area contributed by atoms with E-state index >= 15 is 0 Å².